The van der Waals surface area contributed by atoms with Gasteiger partial charge in [0.25, 0.3) is 0 Å². The summed E-state index contributed by atoms with van der Waals surface area (Å²) in [6.07, 6.45) is 6.98. The summed E-state index contributed by atoms with van der Waals surface area (Å²) in [5.74, 6) is 0.344. The number of carbonyl (C=O) groups excluding carboxylic acids is 1. The second-order valence-electron chi connectivity index (χ2n) is 6.92. The molecule has 1 aliphatic heterocycles. The predicted octanol–water partition coefficient (Wildman–Crippen LogP) is 3.81. The summed E-state index contributed by atoms with van der Waals surface area (Å²) in [5, 5.41) is 0.752. The zero-order valence-corrected chi connectivity index (χ0v) is 15.0. The minimum Gasteiger partial charge on any atom is -0.342 e. The third-order valence-corrected chi connectivity index (χ3v) is 5.51. The van der Waals surface area contributed by atoms with E-state index in [4.69, 9.17) is 17.3 Å². The fraction of sp³-hybridized carbons (Fsp3) is 0.611. The lowest BCUT2D eigenvalue weighted by Crippen LogP contribution is -2.49. The van der Waals surface area contributed by atoms with Crippen molar-refractivity contribution in [3.05, 3.63) is 34.9 Å². The topological polar surface area (TPSA) is 46.3 Å². The predicted molar refractivity (Wildman–Crippen MR) is 97.1 cm³/mol. The number of piperidine rings is 1. The summed E-state index contributed by atoms with van der Waals surface area (Å²) in [6, 6.07) is 8.22. The Labute approximate surface area is 150 Å². The van der Waals surface area contributed by atoms with Gasteiger partial charge < -0.3 is 10.6 Å². The SMILES string of the molecule is Cl.NC1CCN(C(=O)C2(Cc3cccc(Cl)c3)CCCC2)CC1. The first kappa shape index (κ1) is 18.6. The molecule has 1 saturated heterocycles. The number of nitrogens with two attached hydrogens (primary N) is 1. The molecule has 1 amide bonds. The molecule has 0 spiro atoms. The number of hydrogen-bond donors (Lipinski definition) is 1. The van der Waals surface area contributed by atoms with E-state index in [0.29, 0.717) is 5.91 Å². The van der Waals surface area contributed by atoms with Crippen LogP contribution in [-0.4, -0.2) is 29.9 Å². The Morgan fingerprint density at radius 2 is 1.91 bits per heavy atom. The summed E-state index contributed by atoms with van der Waals surface area (Å²) in [6.45, 7) is 1.63. The number of halogens is 2. The Morgan fingerprint density at radius 3 is 2.52 bits per heavy atom. The fourth-order valence-corrected chi connectivity index (χ4v) is 4.21. The largest absolute Gasteiger partial charge is 0.342 e. The number of benzene rings is 1. The van der Waals surface area contributed by atoms with E-state index in [2.05, 4.69) is 11.0 Å². The molecule has 1 aliphatic carbocycles. The van der Waals surface area contributed by atoms with E-state index in [1.807, 2.05) is 18.2 Å². The Bertz CT molecular complexity index is 536. The van der Waals surface area contributed by atoms with E-state index < -0.39 is 0 Å². The minimum atomic E-state index is -0.216. The second-order valence-corrected chi connectivity index (χ2v) is 7.36. The molecule has 1 aromatic carbocycles. The highest BCUT2D eigenvalue weighted by Gasteiger charge is 2.43. The fourth-order valence-electron chi connectivity index (χ4n) is 3.99. The maximum Gasteiger partial charge on any atom is 0.229 e. The van der Waals surface area contributed by atoms with E-state index in [-0.39, 0.29) is 23.9 Å². The highest BCUT2D eigenvalue weighted by atomic mass is 35.5. The van der Waals surface area contributed by atoms with Crippen LogP contribution in [0.15, 0.2) is 24.3 Å². The average molecular weight is 357 g/mol. The van der Waals surface area contributed by atoms with Crippen molar-refractivity contribution in [3.63, 3.8) is 0 Å². The van der Waals surface area contributed by atoms with Crippen molar-refractivity contribution < 1.29 is 4.79 Å². The molecule has 1 heterocycles. The lowest BCUT2D eigenvalue weighted by atomic mass is 9.78. The van der Waals surface area contributed by atoms with Gasteiger partial charge in [-0.05, 0) is 49.8 Å². The van der Waals surface area contributed by atoms with E-state index in [0.717, 1.165) is 63.1 Å². The third kappa shape index (κ3) is 4.20. The van der Waals surface area contributed by atoms with Crippen LogP contribution in [0.2, 0.25) is 5.02 Å². The molecule has 1 aromatic rings. The summed E-state index contributed by atoms with van der Waals surface area (Å²) >= 11 is 6.11. The van der Waals surface area contributed by atoms with Gasteiger partial charge in [0.2, 0.25) is 5.91 Å². The van der Waals surface area contributed by atoms with Gasteiger partial charge >= 0.3 is 0 Å². The van der Waals surface area contributed by atoms with Crippen LogP contribution in [0.5, 0.6) is 0 Å². The van der Waals surface area contributed by atoms with E-state index in [1.54, 1.807) is 0 Å². The highest BCUT2D eigenvalue weighted by Crippen LogP contribution is 2.43. The molecule has 0 radical (unpaired) electrons. The van der Waals surface area contributed by atoms with Gasteiger partial charge in [-0.15, -0.1) is 12.4 Å². The molecule has 3 nitrogen and oxygen atoms in total. The lowest BCUT2D eigenvalue weighted by molar-refractivity contribution is -0.143. The van der Waals surface area contributed by atoms with Crippen LogP contribution >= 0.6 is 24.0 Å². The molecular formula is C18H26Cl2N2O. The average Bonchev–Trinajstić information content (AvgIpc) is 2.97. The smallest absolute Gasteiger partial charge is 0.229 e. The van der Waals surface area contributed by atoms with Gasteiger partial charge in [0, 0.05) is 24.2 Å². The van der Waals surface area contributed by atoms with Gasteiger partial charge in [-0.2, -0.15) is 0 Å². The second kappa shape index (κ2) is 7.87. The highest BCUT2D eigenvalue weighted by molar-refractivity contribution is 6.30. The normalized spacial score (nSPS) is 21.0. The van der Waals surface area contributed by atoms with E-state index in [9.17, 15) is 4.79 Å². The first-order valence-electron chi connectivity index (χ1n) is 8.38. The van der Waals surface area contributed by atoms with Crippen molar-refractivity contribution >= 4 is 29.9 Å². The molecule has 128 valence electrons. The van der Waals surface area contributed by atoms with Crippen LogP contribution in [-0.2, 0) is 11.2 Å². The number of nitrogens with zero attached hydrogens (tertiary/aromatic N) is 1. The molecular weight excluding hydrogens is 331 g/mol. The maximum atomic E-state index is 13.2. The molecule has 0 unspecified atom stereocenters. The Kier molecular flexibility index (Phi) is 6.35. The molecule has 2 N–H and O–H groups in total. The molecule has 23 heavy (non-hydrogen) atoms. The van der Waals surface area contributed by atoms with Gasteiger partial charge in [-0.3, -0.25) is 4.79 Å². The van der Waals surface area contributed by atoms with E-state index in [1.165, 1.54) is 5.56 Å². The number of amides is 1. The Morgan fingerprint density at radius 1 is 1.26 bits per heavy atom. The van der Waals surface area contributed by atoms with Crippen molar-refractivity contribution in [2.45, 2.75) is 51.0 Å². The zero-order valence-electron chi connectivity index (χ0n) is 13.5. The monoisotopic (exact) mass is 356 g/mol. The van der Waals surface area contributed by atoms with Gasteiger partial charge in [0.15, 0.2) is 0 Å². The van der Waals surface area contributed by atoms with Crippen LogP contribution in [0.4, 0.5) is 0 Å². The van der Waals surface area contributed by atoms with Gasteiger partial charge in [-0.1, -0.05) is 36.6 Å². The lowest BCUT2D eigenvalue weighted by Gasteiger charge is -2.38. The summed E-state index contributed by atoms with van der Waals surface area (Å²) in [7, 11) is 0. The molecule has 3 rings (SSSR count). The summed E-state index contributed by atoms with van der Waals surface area (Å²) in [5.41, 5.74) is 6.93. The van der Waals surface area contributed by atoms with Crippen LogP contribution in [0.1, 0.15) is 44.1 Å². The summed E-state index contributed by atoms with van der Waals surface area (Å²) in [4.78, 5) is 15.2. The standard InChI is InChI=1S/C18H25ClN2O.ClH/c19-15-5-3-4-14(12-15)13-18(8-1-2-9-18)17(22)21-10-6-16(20)7-11-21;/h3-5,12,16H,1-2,6-11,13,20H2;1H. The number of hydrogen-bond acceptors (Lipinski definition) is 2. The van der Waals surface area contributed by atoms with Crippen molar-refractivity contribution in [3.8, 4) is 0 Å². The molecule has 5 heteroatoms. The molecule has 2 fully saturated rings. The number of rotatable bonds is 3. The quantitative estimate of drug-likeness (QED) is 0.894. The van der Waals surface area contributed by atoms with Crippen molar-refractivity contribution in [2.75, 3.05) is 13.1 Å². The van der Waals surface area contributed by atoms with Gasteiger partial charge in [0.05, 0.1) is 5.41 Å². The molecule has 2 aliphatic rings. The Balaban J connectivity index is 0.00000192. The first-order chi connectivity index (χ1) is 10.6. The van der Waals surface area contributed by atoms with Crippen LogP contribution in [0.25, 0.3) is 0 Å². The zero-order chi connectivity index (χ0) is 15.6. The molecule has 1 saturated carbocycles. The first-order valence-corrected chi connectivity index (χ1v) is 8.76. The minimum absolute atomic E-state index is 0. The summed E-state index contributed by atoms with van der Waals surface area (Å²) < 4.78 is 0. The third-order valence-electron chi connectivity index (χ3n) is 5.27. The van der Waals surface area contributed by atoms with Crippen LogP contribution in [0.3, 0.4) is 0 Å². The van der Waals surface area contributed by atoms with Crippen molar-refractivity contribution in [1.29, 1.82) is 0 Å². The van der Waals surface area contributed by atoms with Gasteiger partial charge in [-0.25, -0.2) is 0 Å². The molecule has 0 bridgehead atoms. The Hall–Kier alpha value is -0.770. The van der Waals surface area contributed by atoms with Crippen LogP contribution < -0.4 is 5.73 Å². The number of likely N-dealkylation sites (tertiary alicyclic amines) is 1. The van der Waals surface area contributed by atoms with E-state index >= 15 is 0 Å². The molecule has 0 aromatic heterocycles. The van der Waals surface area contributed by atoms with Crippen LogP contribution in [0, 0.1) is 5.41 Å². The number of carbonyl (C=O) groups is 1. The van der Waals surface area contributed by atoms with Crippen molar-refractivity contribution in [2.24, 2.45) is 11.1 Å². The molecule has 0 atom stereocenters. The van der Waals surface area contributed by atoms with Gasteiger partial charge in [0.1, 0.15) is 0 Å². The van der Waals surface area contributed by atoms with Crippen molar-refractivity contribution in [1.82, 2.24) is 4.90 Å². The maximum absolute atomic E-state index is 13.2.